The van der Waals surface area contributed by atoms with Crippen LogP contribution in [-0.2, 0) is 6.54 Å². The third-order valence-electron chi connectivity index (χ3n) is 2.26. The van der Waals surface area contributed by atoms with Crippen LogP contribution in [0.15, 0.2) is 30.3 Å². The molecule has 0 fully saturated rings. The topological polar surface area (TPSA) is 35.8 Å². The van der Waals surface area contributed by atoms with Crippen LogP contribution in [0.2, 0.25) is 0 Å². The molecule has 1 aromatic carbocycles. The Morgan fingerprint density at radius 2 is 1.93 bits per heavy atom. The fourth-order valence-corrected chi connectivity index (χ4v) is 1.49. The van der Waals surface area contributed by atoms with Gasteiger partial charge in [-0.15, -0.1) is 0 Å². The van der Waals surface area contributed by atoms with Crippen LogP contribution < -0.4 is 5.32 Å². The van der Waals surface area contributed by atoms with Crippen LogP contribution in [-0.4, -0.2) is 6.04 Å². The highest BCUT2D eigenvalue weighted by Gasteiger charge is 2.08. The lowest BCUT2D eigenvalue weighted by Crippen LogP contribution is -2.28. The van der Waals surface area contributed by atoms with E-state index in [9.17, 15) is 0 Å². The van der Waals surface area contributed by atoms with E-state index in [1.54, 1.807) is 0 Å². The van der Waals surface area contributed by atoms with Gasteiger partial charge in [-0.25, -0.2) is 0 Å². The molecule has 0 bridgehead atoms. The summed E-state index contributed by atoms with van der Waals surface area (Å²) >= 11 is 0. The third-order valence-corrected chi connectivity index (χ3v) is 2.26. The Kier molecular flexibility index (Phi) is 4.86. The van der Waals surface area contributed by atoms with Crippen molar-refractivity contribution in [2.75, 3.05) is 0 Å². The van der Waals surface area contributed by atoms with Gasteiger partial charge in [-0.2, -0.15) is 5.26 Å². The highest BCUT2D eigenvalue weighted by Crippen LogP contribution is 2.05. The SMILES string of the molecule is CC(C)C[C@@H](C#N)NCc1ccccc1. The second-order valence-corrected chi connectivity index (χ2v) is 4.18. The highest BCUT2D eigenvalue weighted by molar-refractivity contribution is 5.14. The summed E-state index contributed by atoms with van der Waals surface area (Å²) in [6.45, 7) is 5.04. The van der Waals surface area contributed by atoms with Gasteiger partial charge < -0.3 is 0 Å². The summed E-state index contributed by atoms with van der Waals surface area (Å²) in [5, 5.41) is 12.2. The molecule has 0 spiro atoms. The number of nitrogens with one attached hydrogen (secondary N) is 1. The number of nitriles is 1. The maximum atomic E-state index is 8.94. The third kappa shape index (κ3) is 4.62. The zero-order chi connectivity index (χ0) is 11.1. The van der Waals surface area contributed by atoms with Gasteiger partial charge >= 0.3 is 0 Å². The number of nitrogens with zero attached hydrogens (tertiary/aromatic N) is 1. The highest BCUT2D eigenvalue weighted by atomic mass is 14.9. The first-order valence-corrected chi connectivity index (χ1v) is 5.39. The second-order valence-electron chi connectivity index (χ2n) is 4.18. The summed E-state index contributed by atoms with van der Waals surface area (Å²) < 4.78 is 0. The number of benzene rings is 1. The molecule has 0 heterocycles. The van der Waals surface area contributed by atoms with Gasteiger partial charge in [0, 0.05) is 6.54 Å². The lowest BCUT2D eigenvalue weighted by molar-refractivity contribution is 0.478. The Morgan fingerprint density at radius 3 is 2.47 bits per heavy atom. The molecule has 0 aromatic heterocycles. The molecule has 2 heteroatoms. The summed E-state index contributed by atoms with van der Waals surface area (Å²) in [7, 11) is 0. The van der Waals surface area contributed by atoms with Crippen LogP contribution in [0.3, 0.4) is 0 Å². The maximum absolute atomic E-state index is 8.94. The molecule has 0 unspecified atom stereocenters. The summed E-state index contributed by atoms with van der Waals surface area (Å²) in [6, 6.07) is 12.4. The summed E-state index contributed by atoms with van der Waals surface area (Å²) in [6.07, 6.45) is 0.906. The van der Waals surface area contributed by atoms with E-state index in [-0.39, 0.29) is 6.04 Å². The predicted octanol–water partition coefficient (Wildman–Crippen LogP) is 2.71. The van der Waals surface area contributed by atoms with Gasteiger partial charge in [-0.3, -0.25) is 5.32 Å². The van der Waals surface area contributed by atoms with Crippen LogP contribution >= 0.6 is 0 Å². The smallest absolute Gasteiger partial charge is 0.0958 e. The average Bonchev–Trinajstić information content (AvgIpc) is 2.25. The molecule has 0 aliphatic heterocycles. The van der Waals surface area contributed by atoms with Crippen molar-refractivity contribution in [3.63, 3.8) is 0 Å². The molecule has 0 aliphatic carbocycles. The monoisotopic (exact) mass is 202 g/mol. The average molecular weight is 202 g/mol. The van der Waals surface area contributed by atoms with Crippen molar-refractivity contribution in [2.24, 2.45) is 5.92 Å². The maximum Gasteiger partial charge on any atom is 0.0958 e. The minimum absolute atomic E-state index is 0.0368. The van der Waals surface area contributed by atoms with Gasteiger partial charge in [0.05, 0.1) is 12.1 Å². The van der Waals surface area contributed by atoms with Crippen molar-refractivity contribution in [3.8, 4) is 6.07 Å². The van der Waals surface area contributed by atoms with E-state index in [1.165, 1.54) is 5.56 Å². The lowest BCUT2D eigenvalue weighted by Gasteiger charge is -2.13. The molecule has 0 radical (unpaired) electrons. The van der Waals surface area contributed by atoms with Gasteiger partial charge in [0.2, 0.25) is 0 Å². The Balaban J connectivity index is 2.39. The normalized spacial score (nSPS) is 12.4. The van der Waals surface area contributed by atoms with Gasteiger partial charge in [-0.05, 0) is 17.9 Å². The Labute approximate surface area is 91.9 Å². The van der Waals surface area contributed by atoms with Crippen LogP contribution in [0.5, 0.6) is 0 Å². The Bertz CT molecular complexity index is 311. The lowest BCUT2D eigenvalue weighted by atomic mass is 10.0. The first kappa shape index (κ1) is 11.7. The van der Waals surface area contributed by atoms with Gasteiger partial charge in [0.1, 0.15) is 0 Å². The molecule has 0 saturated heterocycles. The van der Waals surface area contributed by atoms with Crippen molar-refractivity contribution in [1.29, 1.82) is 5.26 Å². The van der Waals surface area contributed by atoms with Crippen molar-refractivity contribution in [2.45, 2.75) is 32.9 Å². The molecule has 0 amide bonds. The van der Waals surface area contributed by atoms with E-state index in [1.807, 2.05) is 18.2 Å². The van der Waals surface area contributed by atoms with Crippen LogP contribution in [0.25, 0.3) is 0 Å². The number of hydrogen-bond acceptors (Lipinski definition) is 2. The fraction of sp³-hybridized carbons (Fsp3) is 0.462. The molecular weight excluding hydrogens is 184 g/mol. The second kappa shape index (κ2) is 6.21. The fourth-order valence-electron chi connectivity index (χ4n) is 1.49. The van der Waals surface area contributed by atoms with Crippen LogP contribution in [0.1, 0.15) is 25.8 Å². The largest absolute Gasteiger partial charge is 0.298 e. The molecule has 0 aliphatic rings. The van der Waals surface area contributed by atoms with E-state index < -0.39 is 0 Å². The van der Waals surface area contributed by atoms with Crippen LogP contribution in [0.4, 0.5) is 0 Å². The van der Waals surface area contributed by atoms with Crippen molar-refractivity contribution in [1.82, 2.24) is 5.32 Å². The Morgan fingerprint density at radius 1 is 1.27 bits per heavy atom. The van der Waals surface area contributed by atoms with E-state index in [2.05, 4.69) is 37.4 Å². The van der Waals surface area contributed by atoms with Crippen molar-refractivity contribution in [3.05, 3.63) is 35.9 Å². The van der Waals surface area contributed by atoms with Gasteiger partial charge in [-0.1, -0.05) is 44.2 Å². The predicted molar refractivity (Wildman–Crippen MR) is 62.1 cm³/mol. The minimum atomic E-state index is -0.0368. The first-order chi connectivity index (χ1) is 7.22. The van der Waals surface area contributed by atoms with Crippen molar-refractivity contribution >= 4 is 0 Å². The standard InChI is InChI=1S/C13H18N2/c1-11(2)8-13(9-14)15-10-12-6-4-3-5-7-12/h3-7,11,13,15H,8,10H2,1-2H3/t13-/m0/s1. The molecule has 2 nitrogen and oxygen atoms in total. The van der Waals surface area contributed by atoms with Crippen molar-refractivity contribution < 1.29 is 0 Å². The van der Waals surface area contributed by atoms with E-state index in [4.69, 9.17) is 5.26 Å². The molecular formula is C13H18N2. The summed E-state index contributed by atoms with van der Waals surface area (Å²) in [4.78, 5) is 0. The Hall–Kier alpha value is -1.33. The molecule has 1 aromatic rings. The zero-order valence-electron chi connectivity index (χ0n) is 9.40. The van der Waals surface area contributed by atoms with E-state index in [0.717, 1.165) is 13.0 Å². The van der Waals surface area contributed by atoms with E-state index in [0.29, 0.717) is 5.92 Å². The van der Waals surface area contributed by atoms with Crippen LogP contribution in [0, 0.1) is 17.2 Å². The molecule has 80 valence electrons. The molecule has 15 heavy (non-hydrogen) atoms. The minimum Gasteiger partial charge on any atom is -0.298 e. The number of hydrogen-bond donors (Lipinski definition) is 1. The molecule has 1 rings (SSSR count). The first-order valence-electron chi connectivity index (χ1n) is 5.39. The molecule has 0 saturated carbocycles. The molecule has 1 N–H and O–H groups in total. The summed E-state index contributed by atoms with van der Waals surface area (Å²) in [5.74, 6) is 0.554. The van der Waals surface area contributed by atoms with Gasteiger partial charge in [0.15, 0.2) is 0 Å². The van der Waals surface area contributed by atoms with Gasteiger partial charge in [0.25, 0.3) is 0 Å². The molecule has 1 atom stereocenters. The summed E-state index contributed by atoms with van der Waals surface area (Å²) in [5.41, 5.74) is 1.22. The van der Waals surface area contributed by atoms with E-state index >= 15 is 0 Å². The number of rotatable bonds is 5. The zero-order valence-corrected chi connectivity index (χ0v) is 9.40. The quantitative estimate of drug-likeness (QED) is 0.797.